The highest BCUT2D eigenvalue weighted by Gasteiger charge is 2.70. The lowest BCUT2D eigenvalue weighted by Crippen LogP contribution is -2.62. The number of ketones is 1. The van der Waals surface area contributed by atoms with E-state index in [0.29, 0.717) is 19.5 Å². The van der Waals surface area contributed by atoms with Gasteiger partial charge in [0.05, 0.1) is 11.3 Å². The predicted octanol–water partition coefficient (Wildman–Crippen LogP) is 6.65. The number of sulfone groups is 1. The number of fused-ring (bicyclic) bond motifs is 1. The maximum atomic E-state index is 14.6. The Kier molecular flexibility index (Phi) is 16.5. The summed E-state index contributed by atoms with van der Waals surface area (Å²) < 4.78 is 28.3. The van der Waals surface area contributed by atoms with Crippen molar-refractivity contribution in [3.63, 3.8) is 0 Å². The molecular weight excluding hydrogens is 825 g/mol. The zero-order chi connectivity index (χ0) is 46.5. The van der Waals surface area contributed by atoms with Gasteiger partial charge in [-0.25, -0.2) is 13.2 Å². The molecule has 0 spiro atoms. The van der Waals surface area contributed by atoms with E-state index in [-0.39, 0.29) is 46.9 Å². The first-order chi connectivity index (χ1) is 28.8. The number of rotatable bonds is 20. The van der Waals surface area contributed by atoms with Crippen LogP contribution >= 0.6 is 11.3 Å². The molecule has 5 amide bonds. The highest BCUT2D eigenvalue weighted by atomic mass is 32.2. The molecule has 2 aliphatic rings. The summed E-state index contributed by atoms with van der Waals surface area (Å²) in [7, 11) is -1.74. The van der Waals surface area contributed by atoms with Gasteiger partial charge in [0.15, 0.2) is 9.84 Å². The number of benzene rings is 1. The predicted molar refractivity (Wildman–Crippen MR) is 246 cm³/mol. The van der Waals surface area contributed by atoms with Crippen molar-refractivity contribution >= 4 is 50.7 Å². The molecule has 2 heterocycles. The first kappa shape index (κ1) is 50.6. The van der Waals surface area contributed by atoms with Crippen molar-refractivity contribution in [2.75, 3.05) is 20.1 Å². The van der Waals surface area contributed by atoms with Gasteiger partial charge in [-0.2, -0.15) is 0 Å². The van der Waals surface area contributed by atoms with Crippen LogP contribution in [0.2, 0.25) is 0 Å². The Morgan fingerprint density at radius 3 is 2.23 bits per heavy atom. The van der Waals surface area contributed by atoms with Gasteiger partial charge in [-0.15, -0.1) is 17.9 Å². The number of likely N-dealkylation sites (tertiary alicyclic amines) is 1. The fourth-order valence-corrected chi connectivity index (χ4v) is 11.5. The van der Waals surface area contributed by atoms with E-state index in [1.807, 2.05) is 79.1 Å². The molecule has 15 heteroatoms. The second-order valence-electron chi connectivity index (χ2n) is 20.2. The number of carbonyl (C=O) groups is 5. The summed E-state index contributed by atoms with van der Waals surface area (Å²) in [6.07, 6.45) is 3.20. The molecule has 4 rings (SSSR count). The van der Waals surface area contributed by atoms with Crippen LogP contribution in [0.5, 0.6) is 0 Å². The summed E-state index contributed by atoms with van der Waals surface area (Å²) in [4.78, 5) is 72.4. The van der Waals surface area contributed by atoms with E-state index in [0.717, 1.165) is 12.0 Å². The Morgan fingerprint density at radius 2 is 1.65 bits per heavy atom. The van der Waals surface area contributed by atoms with Crippen molar-refractivity contribution in [1.29, 1.82) is 0 Å². The SMILES string of the molecule is C=CCNC(=O)C(=O)C(CCCC)NC(=O)[C@@H]1[C@@H]2[C@H](CN1C(=O)[C@@H](NC(=O)N[C@H](CC(C)S(=O)(=O)c1cc(CN(C)C(C)c3ccccc3)cs1)C(C)(C)C)C(C)(C)C)C2(C)C. The lowest BCUT2D eigenvalue weighted by atomic mass is 9.83. The van der Waals surface area contributed by atoms with Gasteiger partial charge in [0.1, 0.15) is 16.3 Å². The largest absolute Gasteiger partial charge is 0.346 e. The van der Waals surface area contributed by atoms with E-state index >= 15 is 0 Å². The van der Waals surface area contributed by atoms with Crippen LogP contribution in [0.25, 0.3) is 0 Å². The van der Waals surface area contributed by atoms with E-state index < -0.39 is 79.6 Å². The smallest absolute Gasteiger partial charge is 0.315 e. The zero-order valence-electron chi connectivity index (χ0n) is 39.0. The van der Waals surface area contributed by atoms with Crippen LogP contribution in [-0.4, -0.2) is 97.3 Å². The molecule has 2 aromatic rings. The zero-order valence-corrected chi connectivity index (χ0v) is 40.6. The molecule has 344 valence electrons. The lowest BCUT2D eigenvalue weighted by Gasteiger charge is -2.39. The molecule has 2 fully saturated rings. The van der Waals surface area contributed by atoms with Crippen LogP contribution in [-0.2, 0) is 35.6 Å². The molecule has 1 aromatic carbocycles. The number of nitrogens with one attached hydrogen (secondary N) is 4. The lowest BCUT2D eigenvalue weighted by molar-refractivity contribution is -0.145. The van der Waals surface area contributed by atoms with Gasteiger partial charge in [0.2, 0.25) is 17.6 Å². The second kappa shape index (κ2) is 20.2. The Hall–Kier alpha value is -4.08. The van der Waals surface area contributed by atoms with Crippen molar-refractivity contribution in [1.82, 2.24) is 31.1 Å². The molecule has 4 N–H and O–H groups in total. The number of carbonyl (C=O) groups excluding carboxylic acids is 5. The van der Waals surface area contributed by atoms with Gasteiger partial charge < -0.3 is 26.2 Å². The second-order valence-corrected chi connectivity index (χ2v) is 23.7. The quantitative estimate of drug-likeness (QED) is 0.0845. The highest BCUT2D eigenvalue weighted by Crippen LogP contribution is 2.65. The van der Waals surface area contributed by atoms with Gasteiger partial charge in [0, 0.05) is 31.7 Å². The van der Waals surface area contributed by atoms with Crippen molar-refractivity contribution in [3.05, 3.63) is 65.6 Å². The molecule has 1 aliphatic heterocycles. The Labute approximate surface area is 374 Å². The molecular formula is C47H72N6O7S2. The topological polar surface area (TPSA) is 174 Å². The van der Waals surface area contributed by atoms with Crippen molar-refractivity contribution in [3.8, 4) is 0 Å². The summed E-state index contributed by atoms with van der Waals surface area (Å²) in [5.74, 6) is -2.65. The van der Waals surface area contributed by atoms with E-state index in [1.54, 1.807) is 13.0 Å². The monoisotopic (exact) mass is 896 g/mol. The van der Waals surface area contributed by atoms with Crippen LogP contribution in [0.1, 0.15) is 119 Å². The Morgan fingerprint density at radius 1 is 1.00 bits per heavy atom. The standard InChI is InChI=1S/C47H72N6O7S2/c1-14-16-22-34(39(54)42(56)48-23-15-2)49-41(55)38-37-33(47(37,11)12)27-53(38)43(57)40(46(8,9)10)51-44(58)50-35(45(5,6)7)24-29(3)62(59,60)36-25-31(28-61-36)26-52(13)30(4)32-20-18-17-19-21-32/h15,17-21,25,28-30,33-35,37-38,40H,2,14,16,22-24,26-27H2,1,3-13H3,(H,48,56)(H,49,55)(H2,50,51,58)/t29?,30?,33-,34?,35+,37-,38-,40+/m0/s1. The molecule has 1 aromatic heterocycles. The van der Waals surface area contributed by atoms with Crippen molar-refractivity contribution in [2.45, 2.75) is 148 Å². The molecule has 0 bridgehead atoms. The molecule has 3 unspecified atom stereocenters. The van der Waals surface area contributed by atoms with Gasteiger partial charge in [0.25, 0.3) is 5.91 Å². The molecule has 1 saturated carbocycles. The average Bonchev–Trinajstić information content (AvgIpc) is 3.58. The van der Waals surface area contributed by atoms with Gasteiger partial charge in [-0.3, -0.25) is 24.1 Å². The summed E-state index contributed by atoms with van der Waals surface area (Å²) >= 11 is 1.20. The fourth-order valence-electron chi connectivity index (χ4n) is 8.59. The summed E-state index contributed by atoms with van der Waals surface area (Å²) in [5.41, 5.74) is 0.497. The van der Waals surface area contributed by atoms with Crippen molar-refractivity contribution in [2.24, 2.45) is 28.1 Å². The number of urea groups is 1. The maximum absolute atomic E-state index is 14.6. The van der Waals surface area contributed by atoms with E-state index in [4.69, 9.17) is 0 Å². The number of Topliss-reactive ketones (excluding diaryl/α,β-unsaturated/α-hetero) is 1. The van der Waals surface area contributed by atoms with Crippen LogP contribution in [0.4, 0.5) is 4.79 Å². The minimum absolute atomic E-state index is 0.0317. The highest BCUT2D eigenvalue weighted by molar-refractivity contribution is 7.94. The number of piperidine rings is 1. The number of thiophene rings is 1. The average molecular weight is 897 g/mol. The van der Waals surface area contributed by atoms with Crippen molar-refractivity contribution < 1.29 is 32.4 Å². The van der Waals surface area contributed by atoms with Crippen LogP contribution in [0.3, 0.4) is 0 Å². The summed E-state index contributed by atoms with van der Waals surface area (Å²) in [6.45, 7) is 25.7. The van der Waals surface area contributed by atoms with Crippen LogP contribution in [0.15, 0.2) is 58.6 Å². The first-order valence-corrected chi connectivity index (χ1v) is 24.4. The van der Waals surface area contributed by atoms with Gasteiger partial charge >= 0.3 is 6.03 Å². The number of nitrogens with zero attached hydrogens (tertiary/aromatic N) is 2. The van der Waals surface area contributed by atoms with E-state index in [9.17, 15) is 32.4 Å². The number of hydrogen-bond donors (Lipinski definition) is 4. The normalized spacial score (nSPS) is 20.9. The van der Waals surface area contributed by atoms with Gasteiger partial charge in [-0.1, -0.05) is 112 Å². The van der Waals surface area contributed by atoms with E-state index in [2.05, 4.69) is 65.6 Å². The summed E-state index contributed by atoms with van der Waals surface area (Å²) in [6, 6.07) is 7.76. The third-order valence-corrected chi connectivity index (χ3v) is 16.7. The van der Waals surface area contributed by atoms with E-state index in [1.165, 1.54) is 27.9 Å². The van der Waals surface area contributed by atoms with Gasteiger partial charge in [-0.05, 0) is 84.4 Å². The molecule has 62 heavy (non-hydrogen) atoms. The molecule has 1 saturated heterocycles. The molecule has 1 aliphatic carbocycles. The molecule has 8 atom stereocenters. The van der Waals surface area contributed by atoms with Crippen LogP contribution < -0.4 is 21.3 Å². The van der Waals surface area contributed by atoms with Crippen LogP contribution in [0, 0.1) is 28.1 Å². The number of hydrogen-bond acceptors (Lipinski definition) is 9. The third-order valence-electron chi connectivity index (χ3n) is 13.0. The molecule has 0 radical (unpaired) electrons. The number of amides is 5. The minimum Gasteiger partial charge on any atom is -0.346 e. The third kappa shape index (κ3) is 11.9. The Balaban J connectivity index is 1.48. The molecule has 13 nitrogen and oxygen atoms in total. The summed E-state index contributed by atoms with van der Waals surface area (Å²) in [5, 5.41) is 12.3. The first-order valence-electron chi connectivity index (χ1n) is 21.9. The fraction of sp³-hybridized carbons (Fsp3) is 0.638. The Bertz CT molecular complexity index is 2040. The number of unbranched alkanes of at least 4 members (excludes halogenated alkanes) is 1. The minimum atomic E-state index is -3.76. The maximum Gasteiger partial charge on any atom is 0.315 e.